The van der Waals surface area contributed by atoms with Crippen LogP contribution in [0.5, 0.6) is 5.75 Å². The van der Waals surface area contributed by atoms with Crippen molar-refractivity contribution in [3.05, 3.63) is 29.8 Å². The molecule has 0 bridgehead atoms. The molecule has 0 saturated heterocycles. The molecular weight excluding hydrogens is 246 g/mol. The molecule has 1 aromatic carbocycles. The van der Waals surface area contributed by atoms with Crippen molar-refractivity contribution in [1.82, 2.24) is 5.32 Å². The highest BCUT2D eigenvalue weighted by Crippen LogP contribution is 2.16. The number of esters is 1. The van der Waals surface area contributed by atoms with E-state index in [4.69, 9.17) is 14.2 Å². The first-order valence-electron chi connectivity index (χ1n) is 6.03. The third-order valence-electron chi connectivity index (χ3n) is 2.92. The molecule has 1 atom stereocenters. The number of carbonyl (C=O) groups is 1. The summed E-state index contributed by atoms with van der Waals surface area (Å²) in [6.07, 6.45) is 0. The number of hydrogen-bond acceptors (Lipinski definition) is 5. The number of benzene rings is 1. The van der Waals surface area contributed by atoms with Gasteiger partial charge in [0.1, 0.15) is 17.9 Å². The van der Waals surface area contributed by atoms with Crippen molar-refractivity contribution in [1.29, 1.82) is 0 Å². The summed E-state index contributed by atoms with van der Waals surface area (Å²) in [7, 11) is 4.70. The van der Waals surface area contributed by atoms with Crippen molar-refractivity contribution in [2.24, 2.45) is 0 Å². The second-order valence-corrected chi connectivity index (χ2v) is 4.44. The number of rotatable bonds is 7. The van der Waals surface area contributed by atoms with E-state index >= 15 is 0 Å². The molecule has 0 radical (unpaired) electrons. The zero-order chi connectivity index (χ0) is 14.3. The summed E-state index contributed by atoms with van der Waals surface area (Å²) in [4.78, 5) is 11.7. The normalized spacial score (nSPS) is 13.7. The van der Waals surface area contributed by atoms with Crippen LogP contribution in [0.3, 0.4) is 0 Å². The Balaban J connectivity index is 2.69. The molecule has 5 heteroatoms. The van der Waals surface area contributed by atoms with Crippen LogP contribution in [0.25, 0.3) is 0 Å². The van der Waals surface area contributed by atoms with E-state index in [0.717, 1.165) is 5.56 Å². The number of hydrogen-bond donors (Lipinski definition) is 1. The van der Waals surface area contributed by atoms with Gasteiger partial charge >= 0.3 is 5.97 Å². The molecule has 1 aromatic rings. The molecule has 1 N–H and O–H groups in total. The number of carbonyl (C=O) groups excluding carboxylic acids is 1. The summed E-state index contributed by atoms with van der Waals surface area (Å²) in [6, 6.07) is 7.57. The van der Waals surface area contributed by atoms with Gasteiger partial charge in [-0.15, -0.1) is 0 Å². The van der Waals surface area contributed by atoms with E-state index in [1.807, 2.05) is 24.3 Å². The van der Waals surface area contributed by atoms with Gasteiger partial charge in [-0.1, -0.05) is 12.1 Å². The Kier molecular flexibility index (Phi) is 5.79. The predicted molar refractivity (Wildman–Crippen MR) is 72.1 cm³/mol. The van der Waals surface area contributed by atoms with E-state index < -0.39 is 5.54 Å². The van der Waals surface area contributed by atoms with E-state index in [-0.39, 0.29) is 12.6 Å². The van der Waals surface area contributed by atoms with Crippen molar-refractivity contribution in [3.8, 4) is 5.75 Å². The van der Waals surface area contributed by atoms with Gasteiger partial charge in [0.25, 0.3) is 0 Å². The molecule has 0 aromatic heterocycles. The zero-order valence-electron chi connectivity index (χ0n) is 11.9. The number of methoxy groups -OCH3 is 2. The largest absolute Gasteiger partial charge is 0.491 e. The lowest BCUT2D eigenvalue weighted by Gasteiger charge is -2.26. The molecule has 5 nitrogen and oxygen atoms in total. The first-order chi connectivity index (χ1) is 9.05. The number of nitrogens with one attached hydrogen (secondary N) is 1. The van der Waals surface area contributed by atoms with Crippen molar-refractivity contribution in [3.63, 3.8) is 0 Å². The van der Waals surface area contributed by atoms with Crippen LogP contribution in [0.4, 0.5) is 0 Å². The van der Waals surface area contributed by atoms with Crippen LogP contribution >= 0.6 is 0 Å². The molecule has 19 heavy (non-hydrogen) atoms. The minimum atomic E-state index is -0.869. The van der Waals surface area contributed by atoms with Crippen molar-refractivity contribution < 1.29 is 19.0 Å². The molecule has 0 saturated carbocycles. The standard InChI is InChI=1S/C14H21NO4/c1-14(15-2,13(16)18-4)10-19-12-7-5-6-11(8-12)9-17-3/h5-8,15H,9-10H2,1-4H3. The van der Waals surface area contributed by atoms with Gasteiger partial charge in [-0.3, -0.25) is 0 Å². The quantitative estimate of drug-likeness (QED) is 0.756. The second kappa shape index (κ2) is 7.11. The molecule has 0 fully saturated rings. The van der Waals surface area contributed by atoms with Gasteiger partial charge in [-0.2, -0.15) is 0 Å². The molecule has 0 aliphatic rings. The molecule has 1 rings (SSSR count). The topological polar surface area (TPSA) is 56.8 Å². The second-order valence-electron chi connectivity index (χ2n) is 4.44. The summed E-state index contributed by atoms with van der Waals surface area (Å²) >= 11 is 0. The van der Waals surface area contributed by atoms with Crippen molar-refractivity contribution in [2.75, 3.05) is 27.9 Å². The summed E-state index contributed by atoms with van der Waals surface area (Å²) in [6.45, 7) is 2.45. The maximum absolute atomic E-state index is 11.7. The van der Waals surface area contributed by atoms with Crippen LogP contribution in [0.2, 0.25) is 0 Å². The predicted octanol–water partition coefficient (Wildman–Crippen LogP) is 1.36. The van der Waals surface area contributed by atoms with Gasteiger partial charge in [0.2, 0.25) is 0 Å². The van der Waals surface area contributed by atoms with Crippen LogP contribution in [0.15, 0.2) is 24.3 Å². The van der Waals surface area contributed by atoms with E-state index in [0.29, 0.717) is 12.4 Å². The monoisotopic (exact) mass is 267 g/mol. The Morgan fingerprint density at radius 3 is 2.68 bits per heavy atom. The van der Waals surface area contributed by atoms with Gasteiger partial charge < -0.3 is 19.5 Å². The molecule has 0 heterocycles. The third-order valence-corrected chi connectivity index (χ3v) is 2.92. The SMILES string of the molecule is CNC(C)(COc1cccc(COC)c1)C(=O)OC. The smallest absolute Gasteiger partial charge is 0.329 e. The highest BCUT2D eigenvalue weighted by atomic mass is 16.5. The maximum atomic E-state index is 11.7. The van der Waals surface area contributed by atoms with Gasteiger partial charge in [-0.05, 0) is 31.7 Å². The van der Waals surface area contributed by atoms with Crippen LogP contribution in [-0.2, 0) is 20.9 Å². The highest BCUT2D eigenvalue weighted by molar-refractivity contribution is 5.80. The van der Waals surface area contributed by atoms with Crippen LogP contribution in [0.1, 0.15) is 12.5 Å². The van der Waals surface area contributed by atoms with Crippen LogP contribution in [-0.4, -0.2) is 39.4 Å². The van der Waals surface area contributed by atoms with E-state index in [2.05, 4.69) is 5.32 Å². The molecular formula is C14H21NO4. The van der Waals surface area contributed by atoms with Gasteiger partial charge in [0, 0.05) is 7.11 Å². The Morgan fingerprint density at radius 2 is 2.11 bits per heavy atom. The zero-order valence-corrected chi connectivity index (χ0v) is 11.9. The van der Waals surface area contributed by atoms with Gasteiger partial charge in [-0.25, -0.2) is 4.79 Å². The Hall–Kier alpha value is -1.59. The minimum Gasteiger partial charge on any atom is -0.491 e. The van der Waals surface area contributed by atoms with Crippen LogP contribution in [0, 0.1) is 0 Å². The first kappa shape index (κ1) is 15.5. The summed E-state index contributed by atoms with van der Waals surface area (Å²) in [5.41, 5.74) is 0.149. The van der Waals surface area contributed by atoms with Crippen LogP contribution < -0.4 is 10.1 Å². The average molecular weight is 267 g/mol. The lowest BCUT2D eigenvalue weighted by atomic mass is 10.1. The minimum absolute atomic E-state index is 0.187. The van der Waals surface area contributed by atoms with Crippen molar-refractivity contribution in [2.45, 2.75) is 19.1 Å². The maximum Gasteiger partial charge on any atom is 0.329 e. The fourth-order valence-corrected chi connectivity index (χ4v) is 1.58. The van der Waals surface area contributed by atoms with Crippen molar-refractivity contribution >= 4 is 5.97 Å². The highest BCUT2D eigenvalue weighted by Gasteiger charge is 2.33. The molecule has 0 amide bonds. The molecule has 1 unspecified atom stereocenters. The summed E-state index contributed by atoms with van der Waals surface area (Å²) < 4.78 is 15.5. The Bertz CT molecular complexity index is 422. The van der Waals surface area contributed by atoms with E-state index in [1.165, 1.54) is 7.11 Å². The fourth-order valence-electron chi connectivity index (χ4n) is 1.58. The lowest BCUT2D eigenvalue weighted by molar-refractivity contribution is -0.148. The molecule has 0 spiro atoms. The van der Waals surface area contributed by atoms with Gasteiger partial charge in [0.15, 0.2) is 0 Å². The Morgan fingerprint density at radius 1 is 1.37 bits per heavy atom. The van der Waals surface area contributed by atoms with E-state index in [1.54, 1.807) is 21.1 Å². The Labute approximate surface area is 113 Å². The molecule has 0 aliphatic carbocycles. The third kappa shape index (κ3) is 4.22. The average Bonchev–Trinajstić information content (AvgIpc) is 2.44. The summed E-state index contributed by atoms with van der Waals surface area (Å²) in [5.74, 6) is 0.336. The number of likely N-dealkylation sites (N-methyl/N-ethyl adjacent to an activating group) is 1. The lowest BCUT2D eigenvalue weighted by Crippen LogP contribution is -2.52. The van der Waals surface area contributed by atoms with E-state index in [9.17, 15) is 4.79 Å². The molecule has 0 aliphatic heterocycles. The first-order valence-corrected chi connectivity index (χ1v) is 6.03. The summed E-state index contributed by atoms with van der Waals surface area (Å²) in [5, 5.41) is 2.91. The van der Waals surface area contributed by atoms with Gasteiger partial charge in [0.05, 0.1) is 13.7 Å². The number of ether oxygens (including phenoxy) is 3. The fraction of sp³-hybridized carbons (Fsp3) is 0.500. The molecule has 106 valence electrons.